The Morgan fingerprint density at radius 1 is 0.742 bits per heavy atom. The molecule has 3 aromatic carbocycles. The number of carbonyl (C=O) groups is 1. The number of Topliss-reactive ketones (excluding diaryl/α,β-unsaturated/α-hetero) is 1. The first-order chi connectivity index (χ1) is 15.0. The summed E-state index contributed by atoms with van der Waals surface area (Å²) in [5, 5.41) is 10.9. The molecular weight excluding hydrogens is 382 g/mol. The number of hydrogen-bond donors (Lipinski definition) is 1. The third-order valence-electron chi connectivity index (χ3n) is 5.84. The number of benzene rings is 3. The van der Waals surface area contributed by atoms with Gasteiger partial charge in [0.05, 0.1) is 12.1 Å². The van der Waals surface area contributed by atoms with E-state index in [1.165, 1.54) is 11.1 Å². The van der Waals surface area contributed by atoms with Gasteiger partial charge < -0.3 is 5.11 Å². The van der Waals surface area contributed by atoms with Gasteiger partial charge in [0.1, 0.15) is 0 Å². The van der Waals surface area contributed by atoms with Gasteiger partial charge in [0, 0.05) is 19.0 Å². The molecule has 0 aliphatic carbocycles. The van der Waals surface area contributed by atoms with Crippen molar-refractivity contribution in [3.8, 4) is 0 Å². The van der Waals surface area contributed by atoms with E-state index in [0.717, 1.165) is 5.56 Å². The van der Waals surface area contributed by atoms with Crippen molar-refractivity contribution in [2.75, 3.05) is 0 Å². The fraction of sp³-hybridized carbons (Fsp3) is 0.321. The molecule has 0 amide bonds. The first-order valence-corrected chi connectivity index (χ1v) is 11.1. The Kier molecular flexibility index (Phi) is 8.16. The molecule has 3 aromatic rings. The lowest BCUT2D eigenvalue weighted by Gasteiger charge is -2.36. The van der Waals surface area contributed by atoms with Crippen molar-refractivity contribution < 1.29 is 9.90 Å². The average molecular weight is 416 g/mol. The molecule has 1 N–H and O–H groups in total. The highest BCUT2D eigenvalue weighted by atomic mass is 16.3. The summed E-state index contributed by atoms with van der Waals surface area (Å²) in [5.74, 6) is -0.299. The minimum absolute atomic E-state index is 0.0817. The number of rotatable bonds is 10. The Labute approximate surface area is 186 Å². The highest BCUT2D eigenvalue weighted by Gasteiger charge is 2.35. The SMILES string of the molecule is CC(C)[C@@H](C(=O)[C@@H](C)[C@@H](O)c1ccccc1)N(Cc1ccccc1)Cc1ccccc1. The minimum atomic E-state index is -0.815. The Hall–Kier alpha value is -2.75. The smallest absolute Gasteiger partial charge is 0.155 e. The monoisotopic (exact) mass is 415 g/mol. The van der Waals surface area contributed by atoms with Crippen LogP contribution in [0.25, 0.3) is 0 Å². The quantitative estimate of drug-likeness (QED) is 0.465. The Bertz CT molecular complexity index is 884. The van der Waals surface area contributed by atoms with Crippen molar-refractivity contribution in [3.05, 3.63) is 108 Å². The lowest BCUT2D eigenvalue weighted by molar-refractivity contribution is -0.133. The van der Waals surface area contributed by atoms with E-state index >= 15 is 0 Å². The highest BCUT2D eigenvalue weighted by molar-refractivity contribution is 5.87. The predicted molar refractivity (Wildman–Crippen MR) is 126 cm³/mol. The maximum atomic E-state index is 13.7. The number of carbonyl (C=O) groups excluding carboxylic acids is 1. The van der Waals surface area contributed by atoms with Gasteiger partial charge in [-0.05, 0) is 22.6 Å². The molecule has 31 heavy (non-hydrogen) atoms. The topological polar surface area (TPSA) is 40.5 Å². The Morgan fingerprint density at radius 3 is 1.58 bits per heavy atom. The molecule has 0 bridgehead atoms. The third-order valence-corrected chi connectivity index (χ3v) is 5.84. The van der Waals surface area contributed by atoms with Gasteiger partial charge in [-0.15, -0.1) is 0 Å². The van der Waals surface area contributed by atoms with E-state index in [-0.39, 0.29) is 17.7 Å². The summed E-state index contributed by atoms with van der Waals surface area (Å²) >= 11 is 0. The van der Waals surface area contributed by atoms with Crippen LogP contribution in [0.3, 0.4) is 0 Å². The number of ketones is 1. The third kappa shape index (κ3) is 6.13. The molecule has 162 valence electrons. The van der Waals surface area contributed by atoms with Crippen LogP contribution in [0.2, 0.25) is 0 Å². The van der Waals surface area contributed by atoms with Gasteiger partial charge in [0.15, 0.2) is 5.78 Å². The van der Waals surface area contributed by atoms with Crippen LogP contribution in [0, 0.1) is 11.8 Å². The summed E-state index contributed by atoms with van der Waals surface area (Å²) in [5.41, 5.74) is 3.13. The van der Waals surface area contributed by atoms with E-state index in [9.17, 15) is 9.90 Å². The summed E-state index contributed by atoms with van der Waals surface area (Å²) in [4.78, 5) is 16.0. The molecule has 0 fully saturated rings. The van der Waals surface area contributed by atoms with Crippen LogP contribution in [0.1, 0.15) is 43.6 Å². The second-order valence-electron chi connectivity index (χ2n) is 8.61. The number of hydrogen-bond acceptors (Lipinski definition) is 3. The van der Waals surface area contributed by atoms with Gasteiger partial charge in [-0.25, -0.2) is 0 Å². The standard InChI is InChI=1S/C28H33NO2/c1-21(2)26(28(31)22(3)27(30)25-17-11-6-12-18-25)29(19-23-13-7-4-8-14-23)20-24-15-9-5-10-16-24/h4-18,21-22,26-27,30H,19-20H2,1-3H3/t22-,26-,27+/m0/s1. The molecule has 0 aromatic heterocycles. The number of aliphatic hydroxyl groups is 1. The molecule has 3 heteroatoms. The van der Waals surface area contributed by atoms with Crippen molar-refractivity contribution in [2.45, 2.75) is 46.0 Å². The number of nitrogens with zero attached hydrogens (tertiary/aromatic N) is 1. The fourth-order valence-corrected chi connectivity index (χ4v) is 4.18. The van der Waals surface area contributed by atoms with Gasteiger partial charge in [-0.3, -0.25) is 9.69 Å². The van der Waals surface area contributed by atoms with Crippen molar-refractivity contribution >= 4 is 5.78 Å². The van der Waals surface area contributed by atoms with Crippen LogP contribution in [0.15, 0.2) is 91.0 Å². The lowest BCUT2D eigenvalue weighted by atomic mass is 9.85. The van der Waals surface area contributed by atoms with E-state index in [1.54, 1.807) is 0 Å². The van der Waals surface area contributed by atoms with Gasteiger partial charge >= 0.3 is 0 Å². The summed E-state index contributed by atoms with van der Waals surface area (Å²) in [6.07, 6.45) is -0.815. The summed E-state index contributed by atoms with van der Waals surface area (Å²) in [6, 6.07) is 29.7. The maximum absolute atomic E-state index is 13.7. The molecule has 0 saturated heterocycles. The largest absolute Gasteiger partial charge is 0.388 e. The Balaban J connectivity index is 1.89. The van der Waals surface area contributed by atoms with Gasteiger partial charge in [0.25, 0.3) is 0 Å². The average Bonchev–Trinajstić information content (AvgIpc) is 2.79. The molecule has 0 unspecified atom stereocenters. The van der Waals surface area contributed by atoms with E-state index in [2.05, 4.69) is 43.0 Å². The van der Waals surface area contributed by atoms with Crippen molar-refractivity contribution in [1.82, 2.24) is 4.90 Å². The Morgan fingerprint density at radius 2 is 1.16 bits per heavy atom. The van der Waals surface area contributed by atoms with Crippen molar-refractivity contribution in [1.29, 1.82) is 0 Å². The summed E-state index contributed by atoms with van der Waals surface area (Å²) in [6.45, 7) is 7.38. The molecule has 0 aliphatic rings. The van der Waals surface area contributed by atoms with Crippen molar-refractivity contribution in [3.63, 3.8) is 0 Å². The normalized spacial score (nSPS) is 14.4. The lowest BCUT2D eigenvalue weighted by Crippen LogP contribution is -2.47. The van der Waals surface area contributed by atoms with E-state index in [1.807, 2.05) is 73.7 Å². The minimum Gasteiger partial charge on any atom is -0.388 e. The first kappa shape index (κ1) is 22.9. The highest BCUT2D eigenvalue weighted by Crippen LogP contribution is 2.28. The van der Waals surface area contributed by atoms with E-state index in [0.29, 0.717) is 13.1 Å². The molecule has 3 atom stereocenters. The molecule has 0 heterocycles. The van der Waals surface area contributed by atoms with Crippen molar-refractivity contribution in [2.24, 2.45) is 11.8 Å². The summed E-state index contributed by atoms with van der Waals surface area (Å²) in [7, 11) is 0. The second kappa shape index (κ2) is 11.0. The summed E-state index contributed by atoms with van der Waals surface area (Å²) < 4.78 is 0. The molecule has 0 radical (unpaired) electrons. The zero-order chi connectivity index (χ0) is 22.2. The zero-order valence-electron chi connectivity index (χ0n) is 18.7. The van der Waals surface area contributed by atoms with Crippen LogP contribution in [0.5, 0.6) is 0 Å². The van der Waals surface area contributed by atoms with Gasteiger partial charge in [-0.2, -0.15) is 0 Å². The molecule has 3 rings (SSSR count). The molecular formula is C28H33NO2. The van der Waals surface area contributed by atoms with Crippen LogP contribution < -0.4 is 0 Å². The molecule has 0 saturated carbocycles. The maximum Gasteiger partial charge on any atom is 0.155 e. The molecule has 3 nitrogen and oxygen atoms in total. The molecule has 0 spiro atoms. The molecule has 0 aliphatic heterocycles. The van der Waals surface area contributed by atoms with E-state index < -0.39 is 12.0 Å². The van der Waals surface area contributed by atoms with Crippen LogP contribution >= 0.6 is 0 Å². The van der Waals surface area contributed by atoms with Gasteiger partial charge in [-0.1, -0.05) is 112 Å². The second-order valence-corrected chi connectivity index (χ2v) is 8.61. The number of aliphatic hydroxyl groups excluding tert-OH is 1. The zero-order valence-corrected chi connectivity index (χ0v) is 18.7. The predicted octanol–water partition coefficient (Wildman–Crippen LogP) is 5.65. The van der Waals surface area contributed by atoms with Crippen LogP contribution in [-0.4, -0.2) is 21.8 Å². The van der Waals surface area contributed by atoms with Crippen LogP contribution in [-0.2, 0) is 17.9 Å². The first-order valence-electron chi connectivity index (χ1n) is 11.1. The fourth-order valence-electron chi connectivity index (χ4n) is 4.18. The van der Waals surface area contributed by atoms with Gasteiger partial charge in [0.2, 0.25) is 0 Å². The van der Waals surface area contributed by atoms with Crippen LogP contribution in [0.4, 0.5) is 0 Å². The van der Waals surface area contributed by atoms with E-state index in [4.69, 9.17) is 0 Å².